The molecule has 0 aromatic carbocycles. The molecule has 0 radical (unpaired) electrons. The van der Waals surface area contributed by atoms with Crippen molar-refractivity contribution in [2.24, 2.45) is 0 Å². The predicted octanol–water partition coefficient (Wildman–Crippen LogP) is 2.27. The molecule has 70 heavy (non-hydrogen) atoms. The number of hydrogen-bond acceptors (Lipinski definition) is 20. The lowest BCUT2D eigenvalue weighted by molar-refractivity contribution is -0.318. The summed E-state index contributed by atoms with van der Waals surface area (Å²) in [5.74, 6) is 0.746. The highest BCUT2D eigenvalue weighted by molar-refractivity contribution is 7.99. The molecule has 2 heterocycles. The van der Waals surface area contributed by atoms with Crippen LogP contribution in [-0.4, -0.2) is 194 Å². The number of alkyl carbamates (subject to hydrolysis) is 5. The zero-order chi connectivity index (χ0) is 53.5. The summed E-state index contributed by atoms with van der Waals surface area (Å²) in [5.41, 5.74) is -4.97. The van der Waals surface area contributed by atoms with Crippen LogP contribution in [-0.2, 0) is 42.6 Å². The van der Waals surface area contributed by atoms with Gasteiger partial charge in [-0.25, -0.2) is 24.0 Å². The number of aliphatic hydroxyl groups excluding tert-OH is 5. The summed E-state index contributed by atoms with van der Waals surface area (Å²) in [6.07, 6.45) is -23.8. The van der Waals surface area contributed by atoms with E-state index in [1.807, 2.05) is 6.92 Å². The van der Waals surface area contributed by atoms with Crippen molar-refractivity contribution in [1.82, 2.24) is 26.6 Å². The van der Waals surface area contributed by atoms with Crippen molar-refractivity contribution in [3.05, 3.63) is 0 Å². The van der Waals surface area contributed by atoms with Gasteiger partial charge in [0.05, 0.1) is 24.2 Å². The first-order valence-corrected chi connectivity index (χ1v) is 24.6. The van der Waals surface area contributed by atoms with Gasteiger partial charge in [-0.15, -0.1) is 0 Å². The Morgan fingerprint density at radius 2 is 0.871 bits per heavy atom. The van der Waals surface area contributed by atoms with Gasteiger partial charge in [0.2, 0.25) is 0 Å². The van der Waals surface area contributed by atoms with Crippen LogP contribution in [0.3, 0.4) is 0 Å². The summed E-state index contributed by atoms with van der Waals surface area (Å²) in [5, 5.41) is 71.6. The largest absolute Gasteiger partial charge is 0.444 e. The average molecular weight is 1030 g/mol. The number of aliphatic hydroxyl groups is 5. The highest BCUT2D eigenvalue weighted by Gasteiger charge is 2.55. The lowest BCUT2D eigenvalue weighted by Crippen LogP contribution is -2.71. The second kappa shape index (κ2) is 24.4. The van der Waals surface area contributed by atoms with E-state index < -0.39 is 157 Å². The quantitative estimate of drug-likeness (QED) is 0.118. The smallest absolute Gasteiger partial charge is 0.408 e. The molecule has 5 amide bonds. The summed E-state index contributed by atoms with van der Waals surface area (Å²) in [4.78, 5) is 66.1. The Labute approximate surface area is 414 Å². The standard InChI is InChI=1S/C45H81N5O19S/c1-17-70-20-24-27(51)25(49-39(59)68-44(11,12)13)30(54)35(62-24)64-33-22(48-38(58)67-43(8,9)10)18-21(47-37(57)66-42(5,6)7)32(31(33)55)63-34-26(50-40(60)69-45(14,15)16)29(53)28(52)23(61-34)19-46-36(56)65-41(2,3)4/h21-35,51-55H,17-20H2,1-16H3,(H,46,56)(H,47,57)(H,48,58)(H,49,59)(H,50,60). The summed E-state index contributed by atoms with van der Waals surface area (Å²) in [6.45, 7) is 25.6. The van der Waals surface area contributed by atoms with E-state index in [1.54, 1.807) is 104 Å². The van der Waals surface area contributed by atoms with Crippen LogP contribution in [0.4, 0.5) is 24.0 Å². The number of ether oxygens (including phenoxy) is 9. The Balaban J connectivity index is 2.20. The molecule has 25 heteroatoms. The number of thioether (sulfide) groups is 1. The first-order valence-electron chi connectivity index (χ1n) is 23.4. The second-order valence-electron chi connectivity index (χ2n) is 22.4. The van der Waals surface area contributed by atoms with Gasteiger partial charge < -0.3 is 94.7 Å². The van der Waals surface area contributed by atoms with Crippen molar-refractivity contribution in [3.8, 4) is 0 Å². The van der Waals surface area contributed by atoms with Crippen molar-refractivity contribution >= 4 is 42.2 Å². The van der Waals surface area contributed by atoms with Gasteiger partial charge in [0.15, 0.2) is 12.6 Å². The molecule has 3 aliphatic rings. The number of carbonyl (C=O) groups is 5. The van der Waals surface area contributed by atoms with Crippen LogP contribution < -0.4 is 26.6 Å². The van der Waals surface area contributed by atoms with Gasteiger partial charge in [-0.3, -0.25) is 0 Å². The molecule has 3 fully saturated rings. The first-order chi connectivity index (χ1) is 31.9. The van der Waals surface area contributed by atoms with E-state index in [1.165, 1.54) is 11.8 Å². The van der Waals surface area contributed by atoms with E-state index in [-0.39, 0.29) is 12.2 Å². The number of hydrogen-bond donors (Lipinski definition) is 10. The van der Waals surface area contributed by atoms with Gasteiger partial charge in [0.25, 0.3) is 0 Å². The maximum absolute atomic E-state index is 13.6. The topological polar surface area (TPSA) is 330 Å². The lowest BCUT2D eigenvalue weighted by atomic mass is 9.83. The zero-order valence-corrected chi connectivity index (χ0v) is 44.2. The molecule has 1 saturated carbocycles. The van der Waals surface area contributed by atoms with Gasteiger partial charge in [-0.1, -0.05) is 6.92 Å². The van der Waals surface area contributed by atoms with E-state index >= 15 is 0 Å². The number of carbonyl (C=O) groups excluding carboxylic acids is 5. The summed E-state index contributed by atoms with van der Waals surface area (Å²) in [6, 6.07) is -5.81. The highest BCUT2D eigenvalue weighted by atomic mass is 32.2. The molecule has 2 saturated heterocycles. The van der Waals surface area contributed by atoms with Crippen LogP contribution in [0.5, 0.6) is 0 Å². The summed E-state index contributed by atoms with van der Waals surface area (Å²) < 4.78 is 52.5. The molecule has 24 nitrogen and oxygen atoms in total. The molecule has 3 rings (SSSR count). The van der Waals surface area contributed by atoms with Gasteiger partial charge in [-0.2, -0.15) is 11.8 Å². The molecular formula is C45H81N5O19S. The fourth-order valence-electron chi connectivity index (χ4n) is 7.41. The molecule has 15 atom stereocenters. The Hall–Kier alpha value is -3.66. The van der Waals surface area contributed by atoms with Crippen molar-refractivity contribution < 1.29 is 92.1 Å². The van der Waals surface area contributed by atoms with Crippen LogP contribution in [0.15, 0.2) is 0 Å². The van der Waals surface area contributed by atoms with E-state index in [0.29, 0.717) is 5.75 Å². The fraction of sp³-hybridized carbons (Fsp3) is 0.889. The minimum absolute atomic E-state index is 0.153. The van der Waals surface area contributed by atoms with Crippen molar-refractivity contribution in [3.63, 3.8) is 0 Å². The molecule has 2 aliphatic heterocycles. The first kappa shape index (κ1) is 60.6. The molecule has 10 N–H and O–H groups in total. The molecule has 0 aromatic rings. The number of amides is 5. The molecule has 0 bridgehead atoms. The minimum Gasteiger partial charge on any atom is -0.444 e. The minimum atomic E-state index is -2.00. The maximum Gasteiger partial charge on any atom is 0.408 e. The van der Waals surface area contributed by atoms with E-state index in [4.69, 9.17) is 42.6 Å². The molecule has 0 spiro atoms. The molecule has 15 unspecified atom stereocenters. The van der Waals surface area contributed by atoms with Crippen LogP contribution in [0.1, 0.15) is 117 Å². The SMILES string of the molecule is CCSCC1OC(OC2C(NC(=O)OC(C)(C)C)CC(NC(=O)OC(C)(C)C)C(OC3OC(CNC(=O)OC(C)(C)C)C(O)C(O)C3NC(=O)OC(C)(C)C)C2O)C(O)C(NC(=O)OC(C)(C)C)C1O. The molecule has 1 aliphatic carbocycles. The fourth-order valence-corrected chi connectivity index (χ4v) is 8.16. The molecular weight excluding hydrogens is 947 g/mol. The van der Waals surface area contributed by atoms with Crippen LogP contribution in [0.2, 0.25) is 0 Å². The van der Waals surface area contributed by atoms with Gasteiger partial charge >= 0.3 is 30.5 Å². The van der Waals surface area contributed by atoms with Crippen LogP contribution >= 0.6 is 11.8 Å². The number of nitrogens with one attached hydrogen (secondary N) is 5. The van der Waals surface area contributed by atoms with E-state index in [9.17, 15) is 49.5 Å². The molecule has 406 valence electrons. The van der Waals surface area contributed by atoms with E-state index in [2.05, 4.69) is 26.6 Å². The Bertz CT molecular complexity index is 1740. The average Bonchev–Trinajstić information content (AvgIpc) is 3.15. The third kappa shape index (κ3) is 19.7. The Kier molecular flexibility index (Phi) is 21.1. The monoisotopic (exact) mass is 1030 g/mol. The summed E-state index contributed by atoms with van der Waals surface area (Å²) in [7, 11) is 0. The third-order valence-corrected chi connectivity index (χ3v) is 11.0. The van der Waals surface area contributed by atoms with Gasteiger partial charge in [0.1, 0.15) is 82.9 Å². The van der Waals surface area contributed by atoms with Gasteiger partial charge in [0, 0.05) is 12.3 Å². The zero-order valence-electron chi connectivity index (χ0n) is 43.3. The third-order valence-electron chi connectivity index (χ3n) is 10.1. The normalized spacial score (nSPS) is 32.1. The van der Waals surface area contributed by atoms with Crippen LogP contribution in [0.25, 0.3) is 0 Å². The molecule has 0 aromatic heterocycles. The van der Waals surface area contributed by atoms with E-state index in [0.717, 1.165) is 0 Å². The van der Waals surface area contributed by atoms with Crippen LogP contribution in [0, 0.1) is 0 Å². The van der Waals surface area contributed by atoms with Crippen molar-refractivity contribution in [1.29, 1.82) is 0 Å². The highest BCUT2D eigenvalue weighted by Crippen LogP contribution is 2.34. The summed E-state index contributed by atoms with van der Waals surface area (Å²) >= 11 is 1.38. The predicted molar refractivity (Wildman–Crippen MR) is 252 cm³/mol. The maximum atomic E-state index is 13.6. The Morgan fingerprint density at radius 1 is 0.486 bits per heavy atom. The lowest BCUT2D eigenvalue weighted by Gasteiger charge is -2.50. The Morgan fingerprint density at radius 3 is 1.30 bits per heavy atom. The van der Waals surface area contributed by atoms with Gasteiger partial charge in [-0.05, 0) is 116 Å². The number of rotatable bonds is 13. The van der Waals surface area contributed by atoms with Crippen molar-refractivity contribution in [2.45, 2.75) is 237 Å². The van der Waals surface area contributed by atoms with Crippen molar-refractivity contribution in [2.75, 3.05) is 18.1 Å². The second-order valence-corrected chi connectivity index (χ2v) is 23.7.